The first-order valence-corrected chi connectivity index (χ1v) is 11.1. The van der Waals surface area contributed by atoms with E-state index in [-0.39, 0.29) is 35.6 Å². The molecule has 1 heterocycles. The minimum atomic E-state index is -1.15. The summed E-state index contributed by atoms with van der Waals surface area (Å²) in [6, 6.07) is 6.76. The Bertz CT molecular complexity index is 1400. The van der Waals surface area contributed by atoms with Crippen molar-refractivity contribution in [1.82, 2.24) is 9.88 Å². The van der Waals surface area contributed by atoms with Gasteiger partial charge in [-0.1, -0.05) is 6.58 Å². The second kappa shape index (κ2) is 10.9. The number of carboxylic acids is 1. The van der Waals surface area contributed by atoms with Crippen molar-refractivity contribution in [3.63, 3.8) is 0 Å². The number of nitrogens with zero attached hydrogens (tertiary/aromatic N) is 1. The number of rotatable bonds is 10. The molecule has 11 heteroatoms. The Kier molecular flexibility index (Phi) is 8.07. The van der Waals surface area contributed by atoms with Gasteiger partial charge in [0.15, 0.2) is 11.6 Å². The van der Waals surface area contributed by atoms with Gasteiger partial charge in [-0.3, -0.25) is 14.2 Å². The fourth-order valence-corrected chi connectivity index (χ4v) is 3.50. The Morgan fingerprint density at radius 3 is 2.27 bits per heavy atom. The molecule has 37 heavy (non-hydrogen) atoms. The molecule has 0 saturated heterocycles. The molecule has 0 spiro atoms. The SMILES string of the molecule is C=C(c1ccc(F)cc1F)c1ccc(=O)n(-c2c(F)cc(OCCCNC(C)(C)C(=O)O)cc2F)c1N. The van der Waals surface area contributed by atoms with Crippen LogP contribution in [0.5, 0.6) is 5.75 Å². The number of anilines is 1. The molecule has 7 nitrogen and oxygen atoms in total. The summed E-state index contributed by atoms with van der Waals surface area (Å²) in [5, 5.41) is 11.9. The summed E-state index contributed by atoms with van der Waals surface area (Å²) in [4.78, 5) is 23.6. The molecule has 0 unspecified atom stereocenters. The van der Waals surface area contributed by atoms with Crippen molar-refractivity contribution in [1.29, 1.82) is 0 Å². The quantitative estimate of drug-likeness (QED) is 0.273. The van der Waals surface area contributed by atoms with Crippen LogP contribution in [0.1, 0.15) is 31.4 Å². The van der Waals surface area contributed by atoms with E-state index in [0.29, 0.717) is 17.1 Å². The van der Waals surface area contributed by atoms with Gasteiger partial charge >= 0.3 is 5.97 Å². The van der Waals surface area contributed by atoms with Crippen molar-refractivity contribution in [2.24, 2.45) is 0 Å². The predicted octanol–water partition coefficient (Wildman–Crippen LogP) is 4.26. The first-order valence-electron chi connectivity index (χ1n) is 11.1. The number of aliphatic carboxylic acids is 1. The molecule has 196 valence electrons. The van der Waals surface area contributed by atoms with E-state index < -0.39 is 51.8 Å². The van der Waals surface area contributed by atoms with Gasteiger partial charge in [0.05, 0.1) is 6.61 Å². The zero-order chi connectivity index (χ0) is 27.5. The van der Waals surface area contributed by atoms with E-state index in [2.05, 4.69) is 11.9 Å². The molecule has 0 aliphatic carbocycles. The number of hydrogen-bond acceptors (Lipinski definition) is 5. The van der Waals surface area contributed by atoms with Gasteiger partial charge < -0.3 is 20.9 Å². The average molecular weight is 519 g/mol. The van der Waals surface area contributed by atoms with Crippen molar-refractivity contribution >= 4 is 17.4 Å². The van der Waals surface area contributed by atoms with E-state index >= 15 is 8.78 Å². The smallest absolute Gasteiger partial charge is 0.323 e. The van der Waals surface area contributed by atoms with E-state index in [9.17, 15) is 18.4 Å². The number of ether oxygens (including phenoxy) is 1. The number of carbonyl (C=O) groups is 1. The standard InChI is InChI=1S/C26H25F4N3O4/c1-14(17-6-5-15(27)11-19(17)28)18-7-8-22(34)33(24(18)31)23-20(29)12-16(13-21(23)30)37-10-4-9-32-26(2,3)25(35)36/h5-8,11-13,32H,1,4,9-10,31H2,2-3H3,(H,35,36). The summed E-state index contributed by atoms with van der Waals surface area (Å²) in [6.07, 6.45) is 0.345. The predicted molar refractivity (Wildman–Crippen MR) is 131 cm³/mol. The number of benzene rings is 2. The van der Waals surface area contributed by atoms with Crippen molar-refractivity contribution in [3.8, 4) is 11.4 Å². The van der Waals surface area contributed by atoms with Gasteiger partial charge in [-0.25, -0.2) is 17.6 Å². The molecule has 4 N–H and O–H groups in total. The number of pyridine rings is 1. The summed E-state index contributed by atoms with van der Waals surface area (Å²) in [5.41, 5.74) is 3.19. The Labute approximate surface area is 209 Å². The fourth-order valence-electron chi connectivity index (χ4n) is 3.50. The first-order chi connectivity index (χ1) is 17.3. The molecule has 3 rings (SSSR count). The highest BCUT2D eigenvalue weighted by Gasteiger charge is 2.25. The zero-order valence-corrected chi connectivity index (χ0v) is 20.1. The van der Waals surface area contributed by atoms with E-state index in [1.807, 2.05) is 0 Å². The molecular formula is C26H25F4N3O4. The Morgan fingerprint density at radius 1 is 1.05 bits per heavy atom. The number of halogens is 4. The van der Waals surface area contributed by atoms with Crippen molar-refractivity contribution in [2.75, 3.05) is 18.9 Å². The first kappa shape index (κ1) is 27.5. The largest absolute Gasteiger partial charge is 0.493 e. The van der Waals surface area contributed by atoms with Gasteiger partial charge in [-0.15, -0.1) is 0 Å². The van der Waals surface area contributed by atoms with Crippen molar-refractivity contribution in [2.45, 2.75) is 25.8 Å². The highest BCUT2D eigenvalue weighted by atomic mass is 19.1. The van der Waals surface area contributed by atoms with Crippen LogP contribution in [0.2, 0.25) is 0 Å². The van der Waals surface area contributed by atoms with Crippen LogP contribution in [0.15, 0.2) is 53.8 Å². The minimum Gasteiger partial charge on any atom is -0.493 e. The normalized spacial score (nSPS) is 11.4. The van der Waals surface area contributed by atoms with Gasteiger partial charge in [-0.05, 0) is 50.6 Å². The maximum Gasteiger partial charge on any atom is 0.323 e. The van der Waals surface area contributed by atoms with Crippen LogP contribution in [0, 0.1) is 23.3 Å². The lowest BCUT2D eigenvalue weighted by atomic mass is 9.99. The van der Waals surface area contributed by atoms with Crippen LogP contribution in [0.4, 0.5) is 23.4 Å². The van der Waals surface area contributed by atoms with Gasteiger partial charge in [-0.2, -0.15) is 0 Å². The molecular weight excluding hydrogens is 494 g/mol. The second-order valence-electron chi connectivity index (χ2n) is 8.70. The number of aromatic nitrogens is 1. The monoisotopic (exact) mass is 519 g/mol. The summed E-state index contributed by atoms with van der Waals surface area (Å²) < 4.78 is 63.5. The second-order valence-corrected chi connectivity index (χ2v) is 8.70. The molecule has 0 bridgehead atoms. The van der Waals surface area contributed by atoms with Gasteiger partial charge in [0.1, 0.15) is 34.4 Å². The van der Waals surface area contributed by atoms with Crippen LogP contribution in [-0.2, 0) is 4.79 Å². The molecule has 0 atom stereocenters. The minimum absolute atomic E-state index is 0.0148. The lowest BCUT2D eigenvalue weighted by Gasteiger charge is -2.21. The van der Waals surface area contributed by atoms with Crippen LogP contribution in [-0.4, -0.2) is 34.3 Å². The Hall–Kier alpha value is -4.12. The lowest BCUT2D eigenvalue weighted by Crippen LogP contribution is -2.47. The zero-order valence-electron chi connectivity index (χ0n) is 20.1. The van der Waals surface area contributed by atoms with E-state index in [1.54, 1.807) is 0 Å². The van der Waals surface area contributed by atoms with E-state index in [1.165, 1.54) is 19.9 Å². The van der Waals surface area contributed by atoms with Crippen LogP contribution in [0.3, 0.4) is 0 Å². The Balaban J connectivity index is 1.85. The highest BCUT2D eigenvalue weighted by molar-refractivity contribution is 5.83. The Morgan fingerprint density at radius 2 is 1.68 bits per heavy atom. The number of hydrogen-bond donors (Lipinski definition) is 3. The summed E-state index contributed by atoms with van der Waals surface area (Å²) >= 11 is 0. The molecule has 0 saturated carbocycles. The van der Waals surface area contributed by atoms with E-state index in [0.717, 1.165) is 30.3 Å². The number of nitrogen functional groups attached to an aromatic ring is 1. The molecule has 0 amide bonds. The molecule has 0 radical (unpaired) electrons. The summed E-state index contributed by atoms with van der Waals surface area (Å²) in [7, 11) is 0. The van der Waals surface area contributed by atoms with E-state index in [4.69, 9.17) is 15.6 Å². The molecule has 0 fully saturated rings. The number of nitrogens with two attached hydrogens (primary N) is 1. The third-order valence-corrected chi connectivity index (χ3v) is 5.62. The number of carboxylic acid groups (broad SMARTS) is 1. The molecule has 0 aliphatic rings. The molecule has 1 aromatic heterocycles. The summed E-state index contributed by atoms with van der Waals surface area (Å²) in [5.74, 6) is -5.62. The summed E-state index contributed by atoms with van der Waals surface area (Å²) in [6.45, 7) is 7.03. The van der Waals surface area contributed by atoms with Crippen molar-refractivity contribution in [3.05, 3.63) is 93.8 Å². The third-order valence-electron chi connectivity index (χ3n) is 5.62. The molecule has 2 aromatic carbocycles. The average Bonchev–Trinajstić information content (AvgIpc) is 2.80. The molecule has 3 aromatic rings. The van der Waals surface area contributed by atoms with Gasteiger partial charge in [0.25, 0.3) is 5.56 Å². The molecule has 0 aliphatic heterocycles. The topological polar surface area (TPSA) is 107 Å². The highest BCUT2D eigenvalue weighted by Crippen LogP contribution is 2.31. The lowest BCUT2D eigenvalue weighted by molar-refractivity contribution is -0.143. The number of nitrogens with one attached hydrogen (secondary N) is 1. The third kappa shape index (κ3) is 6.00. The van der Waals surface area contributed by atoms with Crippen LogP contribution < -0.4 is 21.3 Å². The fraction of sp³-hybridized carbons (Fsp3) is 0.231. The van der Waals surface area contributed by atoms with Crippen LogP contribution in [0.25, 0.3) is 11.3 Å². The van der Waals surface area contributed by atoms with Gasteiger partial charge in [0, 0.05) is 35.4 Å². The maximum absolute atomic E-state index is 15.0. The van der Waals surface area contributed by atoms with Crippen LogP contribution >= 0.6 is 0 Å². The maximum atomic E-state index is 15.0. The van der Waals surface area contributed by atoms with Gasteiger partial charge in [0.2, 0.25) is 0 Å². The van der Waals surface area contributed by atoms with Crippen molar-refractivity contribution < 1.29 is 32.2 Å².